The molecule has 0 saturated carbocycles. The lowest BCUT2D eigenvalue weighted by molar-refractivity contribution is -0.870. The van der Waals surface area contributed by atoms with Gasteiger partial charge in [0, 0.05) is 13.2 Å². The molecule has 0 heterocycles. The smallest absolute Gasteiger partial charge is 0.379 e. The molecule has 0 aliphatic rings. The Labute approximate surface area is 222 Å². The standard InChI is InChI=1S/C27H57N2O6P/c1-6-7-8-9-10-11-12-13-14-15-16-17-18-19-21-33-25-27(24-28-23-26(2)30)35-36(31,32)34-22-20-29(3,4)5/h27-28H,6-25H2,1-5H3/p+1. The van der Waals surface area contributed by atoms with E-state index in [9.17, 15) is 14.3 Å². The molecule has 0 aromatic rings. The lowest BCUT2D eigenvalue weighted by Crippen LogP contribution is -2.38. The summed E-state index contributed by atoms with van der Waals surface area (Å²) >= 11 is 0. The number of likely N-dealkylation sites (N-methyl/N-ethyl adjacent to an activating group) is 1. The Morgan fingerprint density at radius 2 is 1.36 bits per heavy atom. The molecule has 0 amide bonds. The molecule has 0 aliphatic heterocycles. The second kappa shape index (κ2) is 22.6. The quantitative estimate of drug-likeness (QED) is 0.0769. The van der Waals surface area contributed by atoms with Crippen molar-refractivity contribution in [2.24, 2.45) is 0 Å². The van der Waals surface area contributed by atoms with Gasteiger partial charge in [0.05, 0.1) is 34.3 Å². The number of phosphoric acid groups is 1. The molecule has 0 fully saturated rings. The topological polar surface area (TPSA) is 94.1 Å². The number of ether oxygens (including phenoxy) is 1. The van der Waals surface area contributed by atoms with Crippen molar-refractivity contribution in [3.8, 4) is 0 Å². The third-order valence-electron chi connectivity index (χ3n) is 5.99. The van der Waals surface area contributed by atoms with Crippen molar-refractivity contribution >= 4 is 13.6 Å². The number of ketones is 1. The van der Waals surface area contributed by atoms with Crippen LogP contribution in [0.15, 0.2) is 0 Å². The van der Waals surface area contributed by atoms with Crippen LogP contribution in [0.4, 0.5) is 0 Å². The van der Waals surface area contributed by atoms with E-state index in [0.717, 1.165) is 12.8 Å². The van der Waals surface area contributed by atoms with Gasteiger partial charge < -0.3 is 19.4 Å². The number of nitrogens with zero attached hydrogens (tertiary/aromatic N) is 1. The maximum Gasteiger partial charge on any atom is 0.472 e. The van der Waals surface area contributed by atoms with Gasteiger partial charge in [-0.05, 0) is 13.3 Å². The fraction of sp³-hybridized carbons (Fsp3) is 0.963. The Morgan fingerprint density at radius 3 is 1.83 bits per heavy atom. The first-order chi connectivity index (χ1) is 17.1. The zero-order valence-corrected chi connectivity index (χ0v) is 25.0. The van der Waals surface area contributed by atoms with Gasteiger partial charge in [-0.1, -0.05) is 90.4 Å². The third-order valence-corrected chi connectivity index (χ3v) is 7.06. The first-order valence-electron chi connectivity index (χ1n) is 14.3. The Balaban J connectivity index is 3.93. The number of nitrogens with one attached hydrogen (secondary N) is 1. The maximum atomic E-state index is 12.3. The predicted octanol–water partition coefficient (Wildman–Crippen LogP) is 5.87. The minimum Gasteiger partial charge on any atom is -0.379 e. The highest BCUT2D eigenvalue weighted by Gasteiger charge is 2.27. The first kappa shape index (κ1) is 35.7. The van der Waals surface area contributed by atoms with Crippen LogP contribution in [0, 0.1) is 0 Å². The molecule has 36 heavy (non-hydrogen) atoms. The summed E-state index contributed by atoms with van der Waals surface area (Å²) in [6, 6.07) is 0. The molecule has 2 unspecified atom stereocenters. The number of hydrogen-bond acceptors (Lipinski definition) is 6. The van der Waals surface area contributed by atoms with Crippen LogP contribution in [0.1, 0.15) is 104 Å². The van der Waals surface area contributed by atoms with Crippen molar-refractivity contribution in [3.63, 3.8) is 0 Å². The SMILES string of the molecule is CCCCCCCCCCCCCCCCOCC(CNCC(C)=O)OP(=O)(O)OCC[N+](C)(C)C. The monoisotopic (exact) mass is 537 g/mol. The van der Waals surface area contributed by atoms with Gasteiger partial charge in [-0.25, -0.2) is 4.57 Å². The van der Waals surface area contributed by atoms with Crippen LogP contribution in [-0.2, 0) is 23.1 Å². The van der Waals surface area contributed by atoms with Gasteiger partial charge in [0.25, 0.3) is 0 Å². The van der Waals surface area contributed by atoms with Crippen molar-refractivity contribution < 1.29 is 32.5 Å². The van der Waals surface area contributed by atoms with Crippen molar-refractivity contribution in [3.05, 3.63) is 0 Å². The fourth-order valence-corrected chi connectivity index (χ4v) is 4.68. The summed E-state index contributed by atoms with van der Waals surface area (Å²) in [7, 11) is 1.73. The number of carbonyl (C=O) groups is 1. The van der Waals surface area contributed by atoms with E-state index in [1.165, 1.54) is 84.0 Å². The van der Waals surface area contributed by atoms with Gasteiger partial charge >= 0.3 is 7.82 Å². The Kier molecular flexibility index (Phi) is 22.4. The summed E-state index contributed by atoms with van der Waals surface area (Å²) in [4.78, 5) is 21.3. The average Bonchev–Trinajstić information content (AvgIpc) is 2.77. The molecule has 0 spiro atoms. The van der Waals surface area contributed by atoms with Crippen LogP contribution in [0.2, 0.25) is 0 Å². The van der Waals surface area contributed by atoms with E-state index < -0.39 is 13.9 Å². The van der Waals surface area contributed by atoms with Crippen molar-refractivity contribution in [2.45, 2.75) is 110 Å². The normalized spacial score (nSPS) is 14.6. The number of phosphoric ester groups is 1. The molecule has 8 nitrogen and oxygen atoms in total. The molecular formula is C27H58N2O6P+. The van der Waals surface area contributed by atoms with E-state index in [1.807, 2.05) is 21.1 Å². The molecular weight excluding hydrogens is 479 g/mol. The van der Waals surface area contributed by atoms with E-state index in [1.54, 1.807) is 0 Å². The second-order valence-corrected chi connectivity index (χ2v) is 12.5. The van der Waals surface area contributed by atoms with Crippen LogP contribution in [0.5, 0.6) is 0 Å². The van der Waals surface area contributed by atoms with Crippen molar-refractivity contribution in [1.82, 2.24) is 5.32 Å². The van der Waals surface area contributed by atoms with E-state index >= 15 is 0 Å². The number of quaternary nitrogens is 1. The molecule has 0 aromatic carbocycles. The lowest BCUT2D eigenvalue weighted by atomic mass is 10.0. The lowest BCUT2D eigenvalue weighted by Gasteiger charge is -2.25. The summed E-state index contributed by atoms with van der Waals surface area (Å²) in [5, 5.41) is 2.95. The zero-order chi connectivity index (χ0) is 27.1. The largest absolute Gasteiger partial charge is 0.472 e. The molecule has 2 N–H and O–H groups in total. The van der Waals surface area contributed by atoms with E-state index in [0.29, 0.717) is 17.6 Å². The average molecular weight is 538 g/mol. The van der Waals surface area contributed by atoms with E-state index in [-0.39, 0.29) is 32.1 Å². The van der Waals surface area contributed by atoms with Gasteiger partial charge in [-0.2, -0.15) is 0 Å². The van der Waals surface area contributed by atoms with Crippen LogP contribution >= 0.6 is 7.82 Å². The highest BCUT2D eigenvalue weighted by atomic mass is 31.2. The summed E-state index contributed by atoms with van der Waals surface area (Å²) < 4.78 is 29.1. The minimum absolute atomic E-state index is 0.0107. The van der Waals surface area contributed by atoms with Crippen LogP contribution in [0.3, 0.4) is 0 Å². The molecule has 0 aliphatic carbocycles. The molecule has 0 bridgehead atoms. The molecule has 0 radical (unpaired) electrons. The molecule has 216 valence electrons. The minimum atomic E-state index is -4.20. The molecule has 2 atom stereocenters. The van der Waals surface area contributed by atoms with E-state index in [2.05, 4.69) is 12.2 Å². The van der Waals surface area contributed by atoms with Gasteiger partial charge in [-0.15, -0.1) is 0 Å². The number of unbranched alkanes of at least 4 members (excludes halogenated alkanes) is 13. The zero-order valence-electron chi connectivity index (χ0n) is 24.1. The third kappa shape index (κ3) is 26.7. The van der Waals surface area contributed by atoms with Gasteiger partial charge in [0.2, 0.25) is 0 Å². The Hall–Kier alpha value is -0.340. The Morgan fingerprint density at radius 1 is 0.861 bits per heavy atom. The fourth-order valence-electron chi connectivity index (χ4n) is 3.80. The van der Waals surface area contributed by atoms with Gasteiger partial charge in [0.15, 0.2) is 0 Å². The van der Waals surface area contributed by atoms with Gasteiger partial charge in [0.1, 0.15) is 25.0 Å². The Bertz CT molecular complexity index is 571. The number of rotatable bonds is 27. The molecule has 0 rings (SSSR count). The molecule has 0 aromatic heterocycles. The van der Waals surface area contributed by atoms with Crippen LogP contribution < -0.4 is 5.32 Å². The number of hydrogen-bond donors (Lipinski definition) is 2. The molecule has 0 saturated heterocycles. The highest BCUT2D eigenvalue weighted by molar-refractivity contribution is 7.47. The maximum absolute atomic E-state index is 12.3. The summed E-state index contributed by atoms with van der Waals surface area (Å²) in [5.74, 6) is -0.0107. The van der Waals surface area contributed by atoms with Crippen LogP contribution in [-0.4, -0.2) is 81.9 Å². The van der Waals surface area contributed by atoms with E-state index in [4.69, 9.17) is 13.8 Å². The summed E-state index contributed by atoms with van der Waals surface area (Å²) in [6.07, 6.45) is 17.6. The predicted molar refractivity (Wildman–Crippen MR) is 148 cm³/mol. The summed E-state index contributed by atoms with van der Waals surface area (Å²) in [6.45, 7) is 5.62. The highest BCUT2D eigenvalue weighted by Crippen LogP contribution is 2.44. The first-order valence-corrected chi connectivity index (χ1v) is 15.8. The van der Waals surface area contributed by atoms with Crippen molar-refractivity contribution in [1.29, 1.82) is 0 Å². The number of carbonyl (C=O) groups excluding carboxylic acids is 1. The second-order valence-electron chi connectivity index (χ2n) is 11.0. The van der Waals surface area contributed by atoms with Crippen LogP contribution in [0.25, 0.3) is 0 Å². The van der Waals surface area contributed by atoms with Crippen molar-refractivity contribution in [2.75, 3.05) is 60.6 Å². The molecule has 9 heteroatoms. The van der Waals surface area contributed by atoms with Gasteiger partial charge in [-0.3, -0.25) is 13.8 Å². The summed E-state index contributed by atoms with van der Waals surface area (Å²) in [5.41, 5.74) is 0. The number of Topliss-reactive ketones (excluding diaryl/α,β-unsaturated/α-hetero) is 1.